The monoisotopic (exact) mass is 462 g/mol. The molecule has 0 aromatic carbocycles. The molecule has 172 valence electrons. The molecule has 15 heteroatoms. The van der Waals surface area contributed by atoms with Gasteiger partial charge in [-0.3, -0.25) is 0 Å². The molecule has 7 N–H and O–H groups in total. The minimum absolute atomic E-state index is 0.225. The SMILES string of the molecule is [B][C@@H]1O[C@@]2(CO)CO[C@@H]1[C@@H]2O.[B][C@@H]1O[C@H](CO)[C@@H](O)[C@H]1Cl.[B][C@@H]1O[C@H](CO)[C@H](O)[C@H]1O. The summed E-state index contributed by atoms with van der Waals surface area (Å²) in [6, 6.07) is -2.16. The summed E-state index contributed by atoms with van der Waals surface area (Å²) < 4.78 is 19.9. The van der Waals surface area contributed by atoms with Crippen LogP contribution in [0.5, 0.6) is 0 Å². The third-order valence-corrected chi connectivity index (χ3v) is 5.95. The Morgan fingerprint density at radius 1 is 0.806 bits per heavy atom. The molecule has 4 rings (SSSR count). The first-order chi connectivity index (χ1) is 14.5. The van der Waals surface area contributed by atoms with E-state index in [1.807, 2.05) is 0 Å². The van der Waals surface area contributed by atoms with Crippen molar-refractivity contribution in [2.45, 2.75) is 71.7 Å². The molecule has 0 aromatic heterocycles. The number of fused-ring (bicyclic) bond motifs is 2. The molecule has 2 bridgehead atoms. The molecule has 12 atom stereocenters. The van der Waals surface area contributed by atoms with Gasteiger partial charge in [-0.25, -0.2) is 0 Å². The molecule has 0 aliphatic carbocycles. The molecule has 0 spiro atoms. The van der Waals surface area contributed by atoms with E-state index in [2.05, 4.69) is 0 Å². The smallest absolute Gasteiger partial charge is 0.142 e. The van der Waals surface area contributed by atoms with Gasteiger partial charge in [0.2, 0.25) is 0 Å². The van der Waals surface area contributed by atoms with E-state index in [4.69, 9.17) is 84.7 Å². The lowest BCUT2D eigenvalue weighted by Gasteiger charge is -2.27. The molecule has 0 amide bonds. The van der Waals surface area contributed by atoms with Crippen molar-refractivity contribution >= 4 is 35.1 Å². The van der Waals surface area contributed by atoms with Crippen LogP contribution in [0.25, 0.3) is 0 Å². The van der Waals surface area contributed by atoms with Crippen molar-refractivity contribution in [1.29, 1.82) is 0 Å². The molecule has 4 heterocycles. The van der Waals surface area contributed by atoms with Crippen LogP contribution in [0.1, 0.15) is 0 Å². The second-order valence-electron chi connectivity index (χ2n) is 7.59. The van der Waals surface area contributed by atoms with E-state index in [0.717, 1.165) is 0 Å². The lowest BCUT2D eigenvalue weighted by molar-refractivity contribution is -0.136. The molecule has 0 unspecified atom stereocenters. The van der Waals surface area contributed by atoms with Gasteiger partial charge >= 0.3 is 0 Å². The number of alkyl halides is 1. The minimum Gasteiger partial charge on any atom is -0.394 e. The summed E-state index contributed by atoms with van der Waals surface area (Å²) in [5.41, 5.74) is -0.954. The second kappa shape index (κ2) is 11.5. The fourth-order valence-electron chi connectivity index (χ4n) is 3.44. The Morgan fingerprint density at radius 3 is 1.58 bits per heavy atom. The quantitative estimate of drug-likeness (QED) is 0.157. The largest absolute Gasteiger partial charge is 0.394 e. The molecule has 0 saturated carbocycles. The lowest BCUT2D eigenvalue weighted by Crippen LogP contribution is -2.44. The highest BCUT2D eigenvalue weighted by atomic mass is 35.5. The van der Waals surface area contributed by atoms with Crippen molar-refractivity contribution in [2.75, 3.05) is 26.4 Å². The lowest BCUT2D eigenvalue weighted by atomic mass is 9.92. The molecule has 4 fully saturated rings. The van der Waals surface area contributed by atoms with E-state index >= 15 is 0 Å². The third-order valence-electron chi connectivity index (χ3n) is 5.44. The predicted octanol–water partition coefficient (Wildman–Crippen LogP) is -5.56. The zero-order valence-electron chi connectivity index (χ0n) is 16.6. The van der Waals surface area contributed by atoms with Crippen molar-refractivity contribution in [1.82, 2.24) is 0 Å². The maximum Gasteiger partial charge on any atom is 0.142 e. The number of ether oxygens (including phenoxy) is 4. The van der Waals surface area contributed by atoms with Gasteiger partial charge in [-0.2, -0.15) is 0 Å². The Morgan fingerprint density at radius 2 is 1.35 bits per heavy atom. The number of rotatable bonds is 3. The molecule has 4 aliphatic heterocycles. The average molecular weight is 462 g/mol. The normalized spacial score (nSPS) is 50.5. The highest BCUT2D eigenvalue weighted by Gasteiger charge is 2.58. The van der Waals surface area contributed by atoms with Crippen molar-refractivity contribution in [2.24, 2.45) is 0 Å². The Labute approximate surface area is 188 Å². The standard InChI is InChI=1S/C6H9BO4.C5H8BClO3.C5H9BO4/c7-5-3-4(9)6(1-8,11-5)2-10-3;6-5-3(7)4(9)2(1-8)10-5;6-5-4(9)3(8)2(1-7)10-5/h3-5,8-9H,1-2H2;2-5,8-9H,1H2;2-5,7-9H,1H2/t3-,4+,5-,6+;2-,3-,4-,5-;2-,3+,4-,5-/m111/s1. The van der Waals surface area contributed by atoms with Crippen LogP contribution in [-0.2, 0) is 18.9 Å². The zero-order chi connectivity index (χ0) is 23.5. The van der Waals surface area contributed by atoms with Crippen molar-refractivity contribution < 1.29 is 54.7 Å². The van der Waals surface area contributed by atoms with Gasteiger partial charge in [0, 0.05) is 18.0 Å². The van der Waals surface area contributed by atoms with E-state index < -0.39 is 71.7 Å². The molecule has 6 radical (unpaired) electrons. The van der Waals surface area contributed by atoms with Gasteiger partial charge in [0.15, 0.2) is 0 Å². The van der Waals surface area contributed by atoms with Crippen LogP contribution in [0.4, 0.5) is 0 Å². The first kappa shape index (κ1) is 27.3. The second-order valence-corrected chi connectivity index (χ2v) is 8.09. The summed E-state index contributed by atoms with van der Waals surface area (Å²) in [6.45, 7) is -0.606. The van der Waals surface area contributed by atoms with Crippen LogP contribution in [0.3, 0.4) is 0 Å². The summed E-state index contributed by atoms with van der Waals surface area (Å²) in [4.78, 5) is 0. The van der Waals surface area contributed by atoms with Crippen molar-refractivity contribution in [3.8, 4) is 0 Å². The van der Waals surface area contributed by atoms with Crippen LogP contribution in [-0.4, -0.2) is 157 Å². The van der Waals surface area contributed by atoms with Gasteiger partial charge in [0.05, 0.1) is 37.9 Å². The van der Waals surface area contributed by atoms with Crippen LogP contribution >= 0.6 is 11.6 Å². The average Bonchev–Trinajstić information content (AvgIpc) is 3.39. The van der Waals surface area contributed by atoms with E-state index in [9.17, 15) is 5.11 Å². The Hall–Kier alpha value is 0.0448. The molecule has 4 saturated heterocycles. The maximum atomic E-state index is 9.46. The van der Waals surface area contributed by atoms with E-state index in [0.29, 0.717) is 0 Å². The zero-order valence-corrected chi connectivity index (χ0v) is 17.3. The maximum absolute atomic E-state index is 9.46. The van der Waals surface area contributed by atoms with Crippen molar-refractivity contribution in [3.05, 3.63) is 0 Å². The molecular weight excluding hydrogens is 436 g/mol. The van der Waals surface area contributed by atoms with Crippen LogP contribution < -0.4 is 0 Å². The topological polar surface area (TPSA) is 179 Å². The van der Waals surface area contributed by atoms with E-state index in [1.54, 1.807) is 0 Å². The molecular formula is C16H26B3ClO11. The van der Waals surface area contributed by atoms with E-state index in [1.165, 1.54) is 0 Å². The van der Waals surface area contributed by atoms with Crippen molar-refractivity contribution in [3.63, 3.8) is 0 Å². The highest BCUT2D eigenvalue weighted by molar-refractivity contribution is 6.27. The molecule has 31 heavy (non-hydrogen) atoms. The number of hydrogen-bond acceptors (Lipinski definition) is 11. The number of aliphatic hydroxyl groups is 7. The summed E-state index contributed by atoms with van der Waals surface area (Å²) >= 11 is 5.58. The highest BCUT2D eigenvalue weighted by Crippen LogP contribution is 2.38. The number of hydrogen-bond donors (Lipinski definition) is 7. The number of aliphatic hydroxyl groups excluding tert-OH is 7. The Bertz CT molecular complexity index is 541. The summed E-state index contributed by atoms with van der Waals surface area (Å²) in [6.07, 6.45) is -5.65. The van der Waals surface area contributed by atoms with Gasteiger partial charge in [-0.05, 0) is 0 Å². The summed E-state index contributed by atoms with van der Waals surface area (Å²) in [5, 5.41) is 62.0. The fraction of sp³-hybridized carbons (Fsp3) is 1.00. The first-order valence-electron chi connectivity index (χ1n) is 9.59. The van der Waals surface area contributed by atoms with Gasteiger partial charge in [-0.1, -0.05) is 0 Å². The predicted molar refractivity (Wildman–Crippen MR) is 107 cm³/mol. The summed E-state index contributed by atoms with van der Waals surface area (Å²) in [5.74, 6) is 0. The Kier molecular flexibility index (Phi) is 10.1. The minimum atomic E-state index is -1.09. The van der Waals surface area contributed by atoms with E-state index in [-0.39, 0.29) is 26.4 Å². The first-order valence-corrected chi connectivity index (χ1v) is 10.0. The van der Waals surface area contributed by atoms with Crippen LogP contribution in [0.15, 0.2) is 0 Å². The van der Waals surface area contributed by atoms with Crippen LogP contribution in [0, 0.1) is 0 Å². The molecule has 4 aliphatic rings. The Balaban J connectivity index is 0.000000166. The molecule has 11 nitrogen and oxygen atoms in total. The van der Waals surface area contributed by atoms with Gasteiger partial charge in [0.25, 0.3) is 0 Å². The molecule has 0 aromatic rings. The number of halogens is 1. The third kappa shape index (κ3) is 5.76. The van der Waals surface area contributed by atoms with Crippen LogP contribution in [0.2, 0.25) is 0 Å². The van der Waals surface area contributed by atoms with Gasteiger partial charge in [0.1, 0.15) is 65.8 Å². The van der Waals surface area contributed by atoms with Gasteiger partial charge < -0.3 is 54.7 Å². The summed E-state index contributed by atoms with van der Waals surface area (Å²) in [7, 11) is 16.0. The fourth-order valence-corrected chi connectivity index (χ4v) is 3.66. The van der Waals surface area contributed by atoms with Gasteiger partial charge in [-0.15, -0.1) is 11.6 Å².